The zero-order valence-electron chi connectivity index (χ0n) is 5.63. The van der Waals surface area contributed by atoms with Crippen LogP contribution in [0.4, 0.5) is 0 Å². The first-order chi connectivity index (χ1) is 5.29. The minimum absolute atomic E-state index is 0.418. The molecule has 2 heterocycles. The van der Waals surface area contributed by atoms with Gasteiger partial charge in [0.1, 0.15) is 0 Å². The SMILES string of the molecule is NC(=O)c1ccc[nH]c2oc1=2. The second-order valence-corrected chi connectivity index (χ2v) is 2.21. The fraction of sp³-hybridized carbons (Fsp3) is 0. The van der Waals surface area contributed by atoms with Crippen molar-refractivity contribution in [2.45, 2.75) is 0 Å². The molecule has 0 aliphatic carbocycles. The largest absolute Gasteiger partial charge is 0.431 e. The van der Waals surface area contributed by atoms with Crippen LogP contribution in [-0.4, -0.2) is 10.9 Å². The van der Waals surface area contributed by atoms with Crippen molar-refractivity contribution in [1.29, 1.82) is 0 Å². The maximum absolute atomic E-state index is 10.7. The van der Waals surface area contributed by atoms with E-state index in [4.69, 9.17) is 10.2 Å². The molecule has 0 radical (unpaired) electrons. The average Bonchev–Trinajstić information content (AvgIpc) is 2.60. The topological polar surface area (TPSA) is 72.0 Å². The van der Waals surface area contributed by atoms with E-state index in [9.17, 15) is 4.79 Å². The van der Waals surface area contributed by atoms with E-state index in [1.54, 1.807) is 18.3 Å². The number of H-pyrrole nitrogens is 1. The summed E-state index contributed by atoms with van der Waals surface area (Å²) in [6.45, 7) is 0. The predicted molar refractivity (Wildman–Crippen MR) is 36.9 cm³/mol. The van der Waals surface area contributed by atoms with Crippen molar-refractivity contribution in [2.75, 3.05) is 0 Å². The molecule has 0 aromatic heterocycles. The predicted octanol–water partition coefficient (Wildman–Crippen LogP) is 0.431. The molecule has 3 N–H and O–H groups in total. The van der Waals surface area contributed by atoms with Crippen molar-refractivity contribution < 1.29 is 9.21 Å². The molecule has 0 aromatic carbocycles. The molecule has 0 aromatic rings. The molecule has 2 rings (SSSR count). The number of hydrogen-bond donors (Lipinski definition) is 2. The summed E-state index contributed by atoms with van der Waals surface area (Å²) < 4.78 is 4.93. The van der Waals surface area contributed by atoms with Crippen LogP contribution in [0.5, 0.6) is 0 Å². The average molecular weight is 150 g/mol. The molecule has 2 aliphatic rings. The van der Waals surface area contributed by atoms with Crippen molar-refractivity contribution in [2.24, 2.45) is 5.73 Å². The monoisotopic (exact) mass is 150 g/mol. The number of aromatic nitrogens is 1. The van der Waals surface area contributed by atoms with Crippen LogP contribution in [0.15, 0.2) is 22.7 Å². The summed E-state index contributed by atoms with van der Waals surface area (Å²) in [4.78, 5) is 13.5. The van der Waals surface area contributed by atoms with Crippen molar-refractivity contribution >= 4 is 5.91 Å². The fourth-order valence-electron chi connectivity index (χ4n) is 0.887. The molecule has 4 heteroatoms. The zero-order valence-corrected chi connectivity index (χ0v) is 5.63. The maximum Gasteiger partial charge on any atom is 0.252 e. The second-order valence-electron chi connectivity index (χ2n) is 2.21. The first-order valence-electron chi connectivity index (χ1n) is 3.15. The van der Waals surface area contributed by atoms with E-state index in [1.165, 1.54) is 0 Å². The molecule has 0 fully saturated rings. The molecule has 0 saturated heterocycles. The molecule has 4 nitrogen and oxygen atoms in total. The van der Waals surface area contributed by atoms with Gasteiger partial charge in [-0.3, -0.25) is 4.79 Å². The number of amides is 1. The number of rotatable bonds is 1. The Kier molecular flexibility index (Phi) is 1.03. The van der Waals surface area contributed by atoms with Crippen LogP contribution in [0, 0.1) is 11.0 Å². The van der Waals surface area contributed by atoms with Crippen LogP contribution in [0.3, 0.4) is 0 Å². The van der Waals surface area contributed by atoms with E-state index in [-0.39, 0.29) is 0 Å². The summed E-state index contributed by atoms with van der Waals surface area (Å²) in [6, 6.07) is 3.32. The summed E-state index contributed by atoms with van der Waals surface area (Å²) in [5, 5.41) is 0. The Morgan fingerprint density at radius 2 is 2.45 bits per heavy atom. The molecular weight excluding hydrogens is 144 g/mol. The fourth-order valence-corrected chi connectivity index (χ4v) is 0.887. The van der Waals surface area contributed by atoms with Gasteiger partial charge in [-0.1, -0.05) is 0 Å². The lowest BCUT2D eigenvalue weighted by atomic mass is 10.3. The van der Waals surface area contributed by atoms with Gasteiger partial charge in [-0.05, 0) is 12.1 Å². The molecule has 0 saturated carbocycles. The van der Waals surface area contributed by atoms with E-state index in [0.29, 0.717) is 16.5 Å². The smallest absolute Gasteiger partial charge is 0.252 e. The third kappa shape index (κ3) is 0.881. The van der Waals surface area contributed by atoms with Gasteiger partial charge in [0.25, 0.3) is 5.91 Å². The van der Waals surface area contributed by atoms with E-state index in [1.807, 2.05) is 0 Å². The van der Waals surface area contributed by atoms with E-state index < -0.39 is 5.91 Å². The Labute approximate surface area is 61.6 Å². The summed E-state index contributed by atoms with van der Waals surface area (Å²) in [7, 11) is 0. The summed E-state index contributed by atoms with van der Waals surface area (Å²) in [5.41, 5.74) is 6.66. The van der Waals surface area contributed by atoms with E-state index in [0.717, 1.165) is 0 Å². The molecule has 1 amide bonds. The van der Waals surface area contributed by atoms with Crippen LogP contribution < -0.4 is 5.73 Å². The summed E-state index contributed by atoms with van der Waals surface area (Å²) in [5.74, 6) is -0.469. The highest BCUT2D eigenvalue weighted by Crippen LogP contribution is 2.08. The maximum atomic E-state index is 10.7. The van der Waals surface area contributed by atoms with Crippen molar-refractivity contribution in [3.8, 4) is 0 Å². The van der Waals surface area contributed by atoms with Gasteiger partial charge in [0, 0.05) is 6.20 Å². The lowest BCUT2D eigenvalue weighted by molar-refractivity contribution is 0.0999. The standard InChI is InChI=1S/C7H6N2O2/c8-6(10)4-2-1-3-9-7-5(4)11-7/h1-3,9H,(H2,8,10). The second kappa shape index (κ2) is 1.88. The quantitative estimate of drug-likeness (QED) is 0.618. The Balaban J connectivity index is 2.76. The highest BCUT2D eigenvalue weighted by molar-refractivity contribution is 5.92. The van der Waals surface area contributed by atoms with Crippen molar-refractivity contribution in [3.05, 3.63) is 34.9 Å². The van der Waals surface area contributed by atoms with Crippen LogP contribution in [-0.2, 0) is 0 Å². The van der Waals surface area contributed by atoms with Crippen molar-refractivity contribution in [3.63, 3.8) is 0 Å². The minimum Gasteiger partial charge on any atom is -0.431 e. The Morgan fingerprint density at radius 3 is 3.18 bits per heavy atom. The molecule has 0 unspecified atom stereocenters. The van der Waals surface area contributed by atoms with E-state index >= 15 is 0 Å². The third-order valence-electron chi connectivity index (χ3n) is 1.45. The van der Waals surface area contributed by atoms with Gasteiger partial charge in [-0.15, -0.1) is 0 Å². The first kappa shape index (κ1) is 6.03. The van der Waals surface area contributed by atoms with Gasteiger partial charge in [-0.25, -0.2) is 0 Å². The molecule has 0 bridgehead atoms. The number of nitrogens with one attached hydrogen (secondary N) is 1. The van der Waals surface area contributed by atoms with Gasteiger partial charge in [0.15, 0.2) is 0 Å². The van der Waals surface area contributed by atoms with Crippen LogP contribution in [0.2, 0.25) is 0 Å². The van der Waals surface area contributed by atoms with Gasteiger partial charge >= 0.3 is 0 Å². The highest BCUT2D eigenvalue weighted by atomic mass is 16.4. The number of carbonyl (C=O) groups is 1. The van der Waals surface area contributed by atoms with Crippen LogP contribution in [0.25, 0.3) is 0 Å². The van der Waals surface area contributed by atoms with Crippen LogP contribution >= 0.6 is 0 Å². The minimum atomic E-state index is -0.469. The normalized spacial score (nSPS) is 10.5. The highest BCUT2D eigenvalue weighted by Gasteiger charge is 2.10. The van der Waals surface area contributed by atoms with Gasteiger partial charge in [0.05, 0.1) is 5.56 Å². The number of aromatic amines is 1. The number of hydrogen-bond acceptors (Lipinski definition) is 2. The van der Waals surface area contributed by atoms with Gasteiger partial charge in [0.2, 0.25) is 11.0 Å². The summed E-state index contributed by atoms with van der Waals surface area (Å²) >= 11 is 0. The van der Waals surface area contributed by atoms with Gasteiger partial charge < -0.3 is 15.1 Å². The molecular formula is C7H6N2O2. The Morgan fingerprint density at radius 1 is 1.64 bits per heavy atom. The number of nitrogens with two attached hydrogens (primary N) is 1. The Hall–Kier alpha value is -1.71. The lowest BCUT2D eigenvalue weighted by Crippen LogP contribution is -2.09. The molecule has 11 heavy (non-hydrogen) atoms. The number of primary amides is 1. The summed E-state index contributed by atoms with van der Waals surface area (Å²) in [6.07, 6.45) is 1.68. The Bertz CT molecular complexity index is 439. The molecule has 0 atom stereocenters. The molecule has 0 spiro atoms. The zero-order chi connectivity index (χ0) is 7.84. The number of carbonyl (C=O) groups excluding carboxylic acids is 1. The lowest BCUT2D eigenvalue weighted by Gasteiger charge is -1.82. The first-order valence-corrected chi connectivity index (χ1v) is 3.15. The van der Waals surface area contributed by atoms with E-state index in [2.05, 4.69) is 4.98 Å². The van der Waals surface area contributed by atoms with Crippen LogP contribution in [0.1, 0.15) is 10.4 Å². The third-order valence-corrected chi connectivity index (χ3v) is 1.45. The van der Waals surface area contributed by atoms with Crippen molar-refractivity contribution in [1.82, 2.24) is 4.98 Å². The molecule has 56 valence electrons. The molecule has 2 aliphatic heterocycles. The van der Waals surface area contributed by atoms with Gasteiger partial charge in [-0.2, -0.15) is 0 Å².